The second kappa shape index (κ2) is 5.84. The van der Waals surface area contributed by atoms with E-state index in [4.69, 9.17) is 10.5 Å². The van der Waals surface area contributed by atoms with E-state index in [0.29, 0.717) is 0 Å². The first-order chi connectivity index (χ1) is 8.29. The van der Waals surface area contributed by atoms with Gasteiger partial charge in [0.1, 0.15) is 5.75 Å². The zero-order valence-electron chi connectivity index (χ0n) is 9.93. The molecule has 0 aliphatic rings. The number of rotatable bonds is 5. The molecule has 90 valence electrons. The Morgan fingerprint density at radius 2 is 2.06 bits per heavy atom. The highest BCUT2D eigenvalue weighted by molar-refractivity contribution is 7.07. The van der Waals surface area contributed by atoms with E-state index >= 15 is 0 Å². The first-order valence-electron chi connectivity index (χ1n) is 5.68. The summed E-state index contributed by atoms with van der Waals surface area (Å²) in [5.74, 6) is 0.924. The van der Waals surface area contributed by atoms with E-state index in [2.05, 4.69) is 22.9 Å². The van der Waals surface area contributed by atoms with Crippen LogP contribution in [0.5, 0.6) is 5.75 Å². The molecular formula is C14H17NOS. The fraction of sp³-hybridized carbons (Fsp3) is 0.286. The van der Waals surface area contributed by atoms with Crippen molar-refractivity contribution in [3.63, 3.8) is 0 Å². The molecule has 1 unspecified atom stereocenters. The lowest BCUT2D eigenvalue weighted by Crippen LogP contribution is -2.25. The molecule has 1 aromatic carbocycles. The van der Waals surface area contributed by atoms with Gasteiger partial charge >= 0.3 is 0 Å². The van der Waals surface area contributed by atoms with Gasteiger partial charge in [-0.1, -0.05) is 18.2 Å². The predicted octanol–water partition coefficient (Wildman–Crippen LogP) is 2.87. The van der Waals surface area contributed by atoms with Crippen LogP contribution in [-0.4, -0.2) is 13.2 Å². The first-order valence-corrected chi connectivity index (χ1v) is 6.62. The minimum atomic E-state index is 0.140. The number of nitrogens with two attached hydrogens (primary N) is 1. The third kappa shape index (κ3) is 3.32. The number of thiophene rings is 1. The van der Waals surface area contributed by atoms with Crippen molar-refractivity contribution in [1.82, 2.24) is 0 Å². The van der Waals surface area contributed by atoms with Crippen molar-refractivity contribution in [3.05, 3.63) is 52.2 Å². The molecule has 0 saturated carbocycles. The number of para-hydroxylation sites is 1. The van der Waals surface area contributed by atoms with E-state index < -0.39 is 0 Å². The van der Waals surface area contributed by atoms with Gasteiger partial charge in [0.05, 0.1) is 7.11 Å². The molecule has 1 aromatic heterocycles. The molecule has 0 bridgehead atoms. The fourth-order valence-electron chi connectivity index (χ4n) is 1.94. The molecule has 0 fully saturated rings. The van der Waals surface area contributed by atoms with Gasteiger partial charge in [-0.3, -0.25) is 0 Å². The Morgan fingerprint density at radius 3 is 2.76 bits per heavy atom. The number of hydrogen-bond acceptors (Lipinski definition) is 3. The highest BCUT2D eigenvalue weighted by atomic mass is 32.1. The Hall–Kier alpha value is -1.32. The number of benzene rings is 1. The van der Waals surface area contributed by atoms with Crippen molar-refractivity contribution in [2.24, 2.45) is 5.73 Å². The first kappa shape index (κ1) is 12.1. The zero-order chi connectivity index (χ0) is 12.1. The van der Waals surface area contributed by atoms with Crippen LogP contribution in [0.1, 0.15) is 11.1 Å². The third-order valence-electron chi connectivity index (χ3n) is 2.75. The van der Waals surface area contributed by atoms with E-state index in [9.17, 15) is 0 Å². The molecule has 2 rings (SSSR count). The maximum atomic E-state index is 6.17. The van der Waals surface area contributed by atoms with Gasteiger partial charge in [0, 0.05) is 6.04 Å². The molecule has 0 amide bonds. The summed E-state index contributed by atoms with van der Waals surface area (Å²) in [6.45, 7) is 0. The second-order valence-electron chi connectivity index (χ2n) is 4.11. The standard InChI is InChI=1S/C14H17NOS/c1-16-14-5-3-2-4-12(14)9-13(15)8-11-6-7-17-10-11/h2-7,10,13H,8-9,15H2,1H3. The van der Waals surface area contributed by atoms with Crippen LogP contribution in [0.3, 0.4) is 0 Å². The fourth-order valence-corrected chi connectivity index (χ4v) is 2.62. The van der Waals surface area contributed by atoms with Gasteiger partial charge in [0.15, 0.2) is 0 Å². The summed E-state index contributed by atoms with van der Waals surface area (Å²) in [5, 5.41) is 4.24. The number of methoxy groups -OCH3 is 1. The van der Waals surface area contributed by atoms with Crippen molar-refractivity contribution >= 4 is 11.3 Å². The third-order valence-corrected chi connectivity index (χ3v) is 3.48. The molecular weight excluding hydrogens is 230 g/mol. The average molecular weight is 247 g/mol. The summed E-state index contributed by atoms with van der Waals surface area (Å²) in [5.41, 5.74) is 8.67. The van der Waals surface area contributed by atoms with E-state index in [1.165, 1.54) is 11.1 Å². The number of ether oxygens (including phenoxy) is 1. The lowest BCUT2D eigenvalue weighted by atomic mass is 10.0. The van der Waals surface area contributed by atoms with Gasteiger partial charge in [0.25, 0.3) is 0 Å². The molecule has 0 radical (unpaired) electrons. The van der Waals surface area contributed by atoms with Crippen LogP contribution < -0.4 is 10.5 Å². The van der Waals surface area contributed by atoms with Crippen molar-refractivity contribution < 1.29 is 4.74 Å². The Morgan fingerprint density at radius 1 is 1.24 bits per heavy atom. The van der Waals surface area contributed by atoms with E-state index in [-0.39, 0.29) is 6.04 Å². The molecule has 2 nitrogen and oxygen atoms in total. The lowest BCUT2D eigenvalue weighted by Gasteiger charge is -2.13. The average Bonchev–Trinajstić information content (AvgIpc) is 2.82. The molecule has 1 atom stereocenters. The molecule has 1 heterocycles. The molecule has 3 heteroatoms. The summed E-state index contributed by atoms with van der Waals surface area (Å²) in [6, 6.07) is 10.3. The predicted molar refractivity (Wildman–Crippen MR) is 72.7 cm³/mol. The lowest BCUT2D eigenvalue weighted by molar-refractivity contribution is 0.408. The van der Waals surface area contributed by atoms with Crippen molar-refractivity contribution in [2.45, 2.75) is 18.9 Å². The van der Waals surface area contributed by atoms with E-state index in [1.54, 1.807) is 18.4 Å². The maximum absolute atomic E-state index is 6.17. The summed E-state index contributed by atoms with van der Waals surface area (Å²) >= 11 is 1.72. The molecule has 0 aliphatic carbocycles. The van der Waals surface area contributed by atoms with Crippen LogP contribution in [-0.2, 0) is 12.8 Å². The highest BCUT2D eigenvalue weighted by Crippen LogP contribution is 2.19. The van der Waals surface area contributed by atoms with Crippen LogP contribution in [0.2, 0.25) is 0 Å². The maximum Gasteiger partial charge on any atom is 0.122 e. The van der Waals surface area contributed by atoms with Crippen LogP contribution in [0.25, 0.3) is 0 Å². The highest BCUT2D eigenvalue weighted by Gasteiger charge is 2.09. The normalized spacial score (nSPS) is 12.4. The van der Waals surface area contributed by atoms with Gasteiger partial charge in [-0.2, -0.15) is 11.3 Å². The van der Waals surface area contributed by atoms with Gasteiger partial charge in [0.2, 0.25) is 0 Å². The summed E-state index contributed by atoms with van der Waals surface area (Å²) in [7, 11) is 1.70. The molecule has 2 aromatic rings. The van der Waals surface area contributed by atoms with Gasteiger partial charge in [-0.05, 0) is 46.9 Å². The molecule has 0 aliphatic heterocycles. The van der Waals surface area contributed by atoms with Gasteiger partial charge in [-0.25, -0.2) is 0 Å². The van der Waals surface area contributed by atoms with Crippen LogP contribution in [0, 0.1) is 0 Å². The Bertz CT molecular complexity index is 453. The summed E-state index contributed by atoms with van der Waals surface area (Å²) < 4.78 is 5.33. The monoisotopic (exact) mass is 247 g/mol. The number of hydrogen-bond donors (Lipinski definition) is 1. The largest absolute Gasteiger partial charge is 0.496 e. The zero-order valence-corrected chi connectivity index (χ0v) is 10.7. The van der Waals surface area contributed by atoms with Crippen LogP contribution in [0.15, 0.2) is 41.1 Å². The quantitative estimate of drug-likeness (QED) is 0.881. The smallest absolute Gasteiger partial charge is 0.122 e. The molecule has 0 saturated heterocycles. The van der Waals surface area contributed by atoms with Crippen molar-refractivity contribution in [1.29, 1.82) is 0 Å². The van der Waals surface area contributed by atoms with Crippen LogP contribution >= 0.6 is 11.3 Å². The second-order valence-corrected chi connectivity index (χ2v) is 4.89. The van der Waals surface area contributed by atoms with Gasteiger partial charge < -0.3 is 10.5 Å². The minimum absolute atomic E-state index is 0.140. The Balaban J connectivity index is 2.00. The van der Waals surface area contributed by atoms with Crippen LogP contribution in [0.4, 0.5) is 0 Å². The van der Waals surface area contributed by atoms with E-state index in [0.717, 1.165) is 18.6 Å². The molecule has 17 heavy (non-hydrogen) atoms. The van der Waals surface area contributed by atoms with E-state index in [1.807, 2.05) is 18.2 Å². The Labute approximate surface area is 106 Å². The Kier molecular flexibility index (Phi) is 4.18. The minimum Gasteiger partial charge on any atom is -0.496 e. The molecule has 2 N–H and O–H groups in total. The SMILES string of the molecule is COc1ccccc1CC(N)Cc1ccsc1. The summed E-state index contributed by atoms with van der Waals surface area (Å²) in [6.07, 6.45) is 1.77. The van der Waals surface area contributed by atoms with Crippen molar-refractivity contribution in [3.8, 4) is 5.75 Å². The molecule has 0 spiro atoms. The topological polar surface area (TPSA) is 35.2 Å². The summed E-state index contributed by atoms with van der Waals surface area (Å²) in [4.78, 5) is 0. The van der Waals surface area contributed by atoms with Gasteiger partial charge in [-0.15, -0.1) is 0 Å². The van der Waals surface area contributed by atoms with Crippen molar-refractivity contribution in [2.75, 3.05) is 7.11 Å².